The van der Waals surface area contributed by atoms with Crippen molar-refractivity contribution in [2.45, 2.75) is 6.10 Å². The van der Waals surface area contributed by atoms with Crippen LogP contribution in [-0.2, 0) is 4.79 Å². The second-order valence-electron chi connectivity index (χ2n) is 2.38. The molecule has 0 heterocycles. The zero-order valence-corrected chi connectivity index (χ0v) is 8.71. The topological polar surface area (TPSA) is 57.5 Å². The third-order valence-electron chi connectivity index (χ3n) is 1.51. The molecular formula is C8H6BrClO3. The number of hydrogen-bond donors (Lipinski definition) is 2. The van der Waals surface area contributed by atoms with E-state index in [2.05, 4.69) is 15.9 Å². The summed E-state index contributed by atoms with van der Waals surface area (Å²) in [6.07, 6.45) is -1.58. The average Bonchev–Trinajstić information content (AvgIpc) is 2.08. The van der Waals surface area contributed by atoms with Crippen LogP contribution in [0.15, 0.2) is 22.7 Å². The highest BCUT2D eigenvalue weighted by Gasteiger charge is 2.19. The van der Waals surface area contributed by atoms with Gasteiger partial charge in [0.2, 0.25) is 0 Å². The first-order valence-corrected chi connectivity index (χ1v) is 4.56. The van der Waals surface area contributed by atoms with Gasteiger partial charge in [-0.2, -0.15) is 0 Å². The van der Waals surface area contributed by atoms with Crippen molar-refractivity contribution in [2.75, 3.05) is 0 Å². The van der Waals surface area contributed by atoms with Gasteiger partial charge in [-0.3, -0.25) is 0 Å². The van der Waals surface area contributed by atoms with Gasteiger partial charge >= 0.3 is 5.97 Å². The van der Waals surface area contributed by atoms with E-state index in [-0.39, 0.29) is 10.6 Å². The number of hydrogen-bond acceptors (Lipinski definition) is 2. The number of carbonyl (C=O) groups is 1. The minimum absolute atomic E-state index is 0.184. The molecule has 1 atom stereocenters. The van der Waals surface area contributed by atoms with Crippen molar-refractivity contribution in [2.24, 2.45) is 0 Å². The van der Waals surface area contributed by atoms with Gasteiger partial charge in [-0.05, 0) is 22.0 Å². The van der Waals surface area contributed by atoms with Gasteiger partial charge in [-0.25, -0.2) is 4.79 Å². The van der Waals surface area contributed by atoms with Crippen molar-refractivity contribution < 1.29 is 15.0 Å². The molecule has 0 aliphatic carbocycles. The van der Waals surface area contributed by atoms with Crippen molar-refractivity contribution in [3.05, 3.63) is 33.3 Å². The van der Waals surface area contributed by atoms with Gasteiger partial charge in [0.05, 0.1) is 5.02 Å². The second kappa shape index (κ2) is 4.09. The van der Waals surface area contributed by atoms with Gasteiger partial charge in [-0.1, -0.05) is 23.7 Å². The quantitative estimate of drug-likeness (QED) is 0.862. The normalized spacial score (nSPS) is 12.5. The first-order chi connectivity index (χ1) is 6.04. The van der Waals surface area contributed by atoms with Crippen LogP contribution in [0.25, 0.3) is 0 Å². The molecular weight excluding hydrogens is 259 g/mol. The van der Waals surface area contributed by atoms with Gasteiger partial charge in [0.1, 0.15) is 0 Å². The van der Waals surface area contributed by atoms with Crippen LogP contribution >= 0.6 is 27.5 Å². The largest absolute Gasteiger partial charge is 0.479 e. The maximum Gasteiger partial charge on any atom is 0.337 e. The fraction of sp³-hybridized carbons (Fsp3) is 0.125. The van der Waals surface area contributed by atoms with Crippen molar-refractivity contribution >= 4 is 33.5 Å². The maximum absolute atomic E-state index is 10.4. The number of rotatable bonds is 2. The minimum Gasteiger partial charge on any atom is -0.479 e. The summed E-state index contributed by atoms with van der Waals surface area (Å²) in [7, 11) is 0. The average molecular weight is 265 g/mol. The van der Waals surface area contributed by atoms with E-state index < -0.39 is 12.1 Å². The molecule has 1 rings (SSSR count). The van der Waals surface area contributed by atoms with Crippen LogP contribution in [0.1, 0.15) is 11.7 Å². The summed E-state index contributed by atoms with van der Waals surface area (Å²) in [5, 5.41) is 17.9. The lowest BCUT2D eigenvalue weighted by molar-refractivity contribution is -0.146. The number of carboxylic acids is 1. The molecule has 0 spiro atoms. The Kier molecular flexibility index (Phi) is 3.30. The van der Waals surface area contributed by atoms with Crippen LogP contribution in [0.3, 0.4) is 0 Å². The molecule has 70 valence electrons. The predicted octanol–water partition coefficient (Wildman–Crippen LogP) is 2.22. The molecule has 0 amide bonds. The Morgan fingerprint density at radius 2 is 2.15 bits per heavy atom. The molecule has 13 heavy (non-hydrogen) atoms. The molecule has 0 radical (unpaired) electrons. The lowest BCUT2D eigenvalue weighted by Crippen LogP contribution is -2.10. The zero-order valence-electron chi connectivity index (χ0n) is 6.37. The van der Waals surface area contributed by atoms with Gasteiger partial charge < -0.3 is 10.2 Å². The molecule has 0 aromatic heterocycles. The summed E-state index contributed by atoms with van der Waals surface area (Å²) in [5.41, 5.74) is 0.184. The Bertz CT molecular complexity index is 340. The summed E-state index contributed by atoms with van der Waals surface area (Å²) >= 11 is 8.89. The van der Waals surface area contributed by atoms with E-state index in [1.54, 1.807) is 12.1 Å². The van der Waals surface area contributed by atoms with E-state index >= 15 is 0 Å². The molecule has 3 nitrogen and oxygen atoms in total. The van der Waals surface area contributed by atoms with E-state index in [0.717, 1.165) is 0 Å². The Labute approximate surface area is 88.1 Å². The van der Waals surface area contributed by atoms with E-state index in [4.69, 9.17) is 16.7 Å². The van der Waals surface area contributed by atoms with E-state index in [9.17, 15) is 9.90 Å². The lowest BCUT2D eigenvalue weighted by Gasteiger charge is -2.08. The van der Waals surface area contributed by atoms with Crippen LogP contribution in [0.5, 0.6) is 0 Å². The number of aliphatic hydroxyl groups excluding tert-OH is 1. The molecule has 1 unspecified atom stereocenters. The molecule has 2 N–H and O–H groups in total. The Morgan fingerprint density at radius 1 is 1.54 bits per heavy atom. The number of carboxylic acid groups (broad SMARTS) is 1. The predicted molar refractivity (Wildman–Crippen MR) is 51.7 cm³/mol. The number of halogens is 2. The third kappa shape index (κ3) is 2.21. The van der Waals surface area contributed by atoms with Crippen molar-refractivity contribution in [3.8, 4) is 0 Å². The van der Waals surface area contributed by atoms with Crippen LogP contribution in [-0.4, -0.2) is 16.2 Å². The molecule has 5 heteroatoms. The van der Waals surface area contributed by atoms with Crippen molar-refractivity contribution in [1.29, 1.82) is 0 Å². The molecule has 1 aromatic carbocycles. The molecule has 0 saturated heterocycles. The highest BCUT2D eigenvalue weighted by Crippen LogP contribution is 2.30. The number of aliphatic hydroxyl groups is 1. The standard InChI is InChI=1S/C8H6BrClO3/c9-5-3-1-2-4(6(5)10)7(11)8(12)13/h1-3,7,11H,(H,12,13). The Morgan fingerprint density at radius 3 is 2.69 bits per heavy atom. The van der Waals surface area contributed by atoms with Gasteiger partial charge in [0, 0.05) is 10.0 Å². The summed E-state index contributed by atoms with van der Waals surface area (Å²) in [4.78, 5) is 10.4. The summed E-state index contributed by atoms with van der Waals surface area (Å²) in [6.45, 7) is 0. The van der Waals surface area contributed by atoms with Crippen molar-refractivity contribution in [3.63, 3.8) is 0 Å². The zero-order chi connectivity index (χ0) is 10.0. The van der Waals surface area contributed by atoms with Crippen LogP contribution < -0.4 is 0 Å². The van der Waals surface area contributed by atoms with Gasteiger partial charge in [0.25, 0.3) is 0 Å². The lowest BCUT2D eigenvalue weighted by atomic mass is 10.1. The maximum atomic E-state index is 10.4. The second-order valence-corrected chi connectivity index (χ2v) is 3.62. The van der Waals surface area contributed by atoms with Crippen LogP contribution in [0.4, 0.5) is 0 Å². The van der Waals surface area contributed by atoms with Crippen LogP contribution in [0.2, 0.25) is 5.02 Å². The molecule has 0 fully saturated rings. The highest BCUT2D eigenvalue weighted by molar-refractivity contribution is 9.10. The Hall–Kier alpha value is -0.580. The van der Waals surface area contributed by atoms with Gasteiger partial charge in [-0.15, -0.1) is 0 Å². The summed E-state index contributed by atoms with van der Waals surface area (Å²) in [6, 6.07) is 4.74. The molecule has 0 bridgehead atoms. The molecule has 0 saturated carbocycles. The van der Waals surface area contributed by atoms with Crippen molar-refractivity contribution in [1.82, 2.24) is 0 Å². The monoisotopic (exact) mass is 264 g/mol. The fourth-order valence-electron chi connectivity index (χ4n) is 0.865. The summed E-state index contributed by atoms with van der Waals surface area (Å²) in [5.74, 6) is -1.32. The SMILES string of the molecule is O=C(O)C(O)c1cccc(Br)c1Cl. The highest BCUT2D eigenvalue weighted by atomic mass is 79.9. The number of benzene rings is 1. The Balaban J connectivity index is 3.15. The fourth-order valence-corrected chi connectivity index (χ4v) is 1.48. The first kappa shape index (κ1) is 10.5. The van der Waals surface area contributed by atoms with Crippen LogP contribution in [0, 0.1) is 0 Å². The van der Waals surface area contributed by atoms with E-state index in [1.807, 2.05) is 0 Å². The molecule has 1 aromatic rings. The molecule has 0 aliphatic heterocycles. The third-order valence-corrected chi connectivity index (χ3v) is 2.82. The molecule has 0 aliphatic rings. The first-order valence-electron chi connectivity index (χ1n) is 3.39. The summed E-state index contributed by atoms with van der Waals surface area (Å²) < 4.78 is 0.562. The van der Waals surface area contributed by atoms with Gasteiger partial charge in [0.15, 0.2) is 6.10 Å². The number of aliphatic carboxylic acids is 1. The van der Waals surface area contributed by atoms with E-state index in [0.29, 0.717) is 4.47 Å². The van der Waals surface area contributed by atoms with E-state index in [1.165, 1.54) is 6.07 Å². The minimum atomic E-state index is -1.58. The smallest absolute Gasteiger partial charge is 0.337 e.